The zero-order valence-corrected chi connectivity index (χ0v) is 14.2. The van der Waals surface area contributed by atoms with Crippen molar-refractivity contribution >= 4 is 38.9 Å². The molecule has 0 fully saturated rings. The van der Waals surface area contributed by atoms with Gasteiger partial charge < -0.3 is 5.32 Å². The Balaban J connectivity index is 2.38. The number of aryl methyl sites for hydroxylation is 1. The van der Waals surface area contributed by atoms with E-state index in [9.17, 15) is 0 Å². The lowest BCUT2D eigenvalue weighted by Gasteiger charge is -2.19. The molecule has 0 bridgehead atoms. The predicted molar refractivity (Wildman–Crippen MR) is 88.3 cm³/mol. The first-order valence-corrected chi connectivity index (χ1v) is 8.35. The van der Waals surface area contributed by atoms with Gasteiger partial charge in [0.15, 0.2) is 0 Å². The van der Waals surface area contributed by atoms with Crippen molar-refractivity contribution < 1.29 is 0 Å². The Labute approximate surface area is 132 Å². The maximum Gasteiger partial charge on any atom is 0.0704 e. The molecule has 0 spiro atoms. The SMILES string of the molecule is CCCNC(c1cccc(Cl)c1)c1cc(Br)sc1C. The number of nitrogens with one attached hydrogen (secondary N) is 1. The highest BCUT2D eigenvalue weighted by molar-refractivity contribution is 9.11. The third kappa shape index (κ3) is 3.82. The van der Waals surface area contributed by atoms with Gasteiger partial charge in [-0.2, -0.15) is 0 Å². The molecule has 1 aromatic carbocycles. The zero-order chi connectivity index (χ0) is 13.8. The molecule has 1 heterocycles. The van der Waals surface area contributed by atoms with E-state index >= 15 is 0 Å². The van der Waals surface area contributed by atoms with Crippen LogP contribution in [0.3, 0.4) is 0 Å². The summed E-state index contributed by atoms with van der Waals surface area (Å²) >= 11 is 11.5. The van der Waals surface area contributed by atoms with Gasteiger partial charge in [0, 0.05) is 9.90 Å². The summed E-state index contributed by atoms with van der Waals surface area (Å²) in [5, 5.41) is 4.40. The van der Waals surface area contributed by atoms with E-state index in [1.165, 1.54) is 19.8 Å². The fraction of sp³-hybridized carbons (Fsp3) is 0.333. The largest absolute Gasteiger partial charge is 0.306 e. The maximum atomic E-state index is 6.12. The minimum absolute atomic E-state index is 0.209. The molecule has 1 aromatic heterocycles. The van der Waals surface area contributed by atoms with Gasteiger partial charge in [-0.25, -0.2) is 0 Å². The van der Waals surface area contributed by atoms with E-state index in [4.69, 9.17) is 11.6 Å². The standard InChI is InChI=1S/C15H17BrClNS/c1-3-7-18-15(11-5-4-6-12(17)8-11)13-9-14(16)19-10(13)2/h4-6,8-9,15,18H,3,7H2,1-2H3. The predicted octanol–water partition coefficient (Wildman–Crippen LogP) is 5.56. The maximum absolute atomic E-state index is 6.12. The summed E-state index contributed by atoms with van der Waals surface area (Å²) in [6.07, 6.45) is 1.11. The van der Waals surface area contributed by atoms with Crippen molar-refractivity contribution in [3.63, 3.8) is 0 Å². The summed E-state index contributed by atoms with van der Waals surface area (Å²) in [5.41, 5.74) is 2.54. The first kappa shape index (κ1) is 15.0. The van der Waals surface area contributed by atoms with Crippen LogP contribution in [0.1, 0.15) is 35.4 Å². The Hall–Kier alpha value is -0.350. The fourth-order valence-corrected chi connectivity index (χ4v) is 4.07. The highest BCUT2D eigenvalue weighted by atomic mass is 79.9. The quantitative estimate of drug-likeness (QED) is 0.737. The average molecular weight is 359 g/mol. The number of halogens is 2. The second-order valence-electron chi connectivity index (χ2n) is 4.50. The Morgan fingerprint density at radius 1 is 1.37 bits per heavy atom. The Kier molecular flexibility index (Phi) is 5.46. The highest BCUT2D eigenvalue weighted by Gasteiger charge is 2.17. The number of benzene rings is 1. The molecule has 0 saturated heterocycles. The third-order valence-corrected chi connectivity index (χ3v) is 4.82. The van der Waals surface area contributed by atoms with Gasteiger partial charge in [-0.1, -0.05) is 30.7 Å². The van der Waals surface area contributed by atoms with Gasteiger partial charge in [0.2, 0.25) is 0 Å². The minimum atomic E-state index is 0.209. The van der Waals surface area contributed by atoms with Crippen molar-refractivity contribution in [1.29, 1.82) is 0 Å². The Morgan fingerprint density at radius 3 is 2.74 bits per heavy atom. The van der Waals surface area contributed by atoms with Crippen LogP contribution in [0.25, 0.3) is 0 Å². The van der Waals surface area contributed by atoms with E-state index in [1.54, 1.807) is 11.3 Å². The van der Waals surface area contributed by atoms with Gasteiger partial charge in [-0.3, -0.25) is 0 Å². The van der Waals surface area contributed by atoms with Gasteiger partial charge in [-0.15, -0.1) is 11.3 Å². The van der Waals surface area contributed by atoms with Crippen molar-refractivity contribution in [3.05, 3.63) is 55.1 Å². The van der Waals surface area contributed by atoms with E-state index in [0.29, 0.717) is 0 Å². The molecule has 0 radical (unpaired) electrons. The minimum Gasteiger partial charge on any atom is -0.306 e. The summed E-state index contributed by atoms with van der Waals surface area (Å²) in [7, 11) is 0. The molecular weight excluding hydrogens is 342 g/mol. The molecule has 2 rings (SSSR count). The van der Waals surface area contributed by atoms with Crippen LogP contribution in [-0.2, 0) is 0 Å². The second kappa shape index (κ2) is 6.89. The molecule has 1 unspecified atom stereocenters. The molecule has 1 atom stereocenters. The monoisotopic (exact) mass is 357 g/mol. The molecule has 0 aliphatic heterocycles. The lowest BCUT2D eigenvalue weighted by Crippen LogP contribution is -2.23. The smallest absolute Gasteiger partial charge is 0.0704 e. The lowest BCUT2D eigenvalue weighted by molar-refractivity contribution is 0.598. The van der Waals surface area contributed by atoms with Crippen molar-refractivity contribution in [3.8, 4) is 0 Å². The molecule has 0 aliphatic rings. The summed E-state index contributed by atoms with van der Waals surface area (Å²) < 4.78 is 1.17. The molecule has 102 valence electrons. The van der Waals surface area contributed by atoms with E-state index in [1.807, 2.05) is 18.2 Å². The molecule has 19 heavy (non-hydrogen) atoms. The Morgan fingerprint density at radius 2 is 2.16 bits per heavy atom. The van der Waals surface area contributed by atoms with Crippen LogP contribution >= 0.6 is 38.9 Å². The van der Waals surface area contributed by atoms with Gasteiger partial charge in [0.1, 0.15) is 0 Å². The van der Waals surface area contributed by atoms with Crippen LogP contribution in [-0.4, -0.2) is 6.54 Å². The molecule has 1 N–H and O–H groups in total. The van der Waals surface area contributed by atoms with E-state index in [0.717, 1.165) is 18.0 Å². The van der Waals surface area contributed by atoms with Gasteiger partial charge >= 0.3 is 0 Å². The molecule has 1 nitrogen and oxygen atoms in total. The molecule has 2 aromatic rings. The molecule has 0 saturated carbocycles. The molecular formula is C15H17BrClNS. The summed E-state index contributed by atoms with van der Waals surface area (Å²) in [4.78, 5) is 1.33. The van der Waals surface area contributed by atoms with Gasteiger partial charge in [0.25, 0.3) is 0 Å². The highest BCUT2D eigenvalue weighted by Crippen LogP contribution is 2.34. The second-order valence-corrected chi connectivity index (χ2v) is 7.58. The normalized spacial score (nSPS) is 12.6. The van der Waals surface area contributed by atoms with Crippen molar-refractivity contribution in [2.24, 2.45) is 0 Å². The van der Waals surface area contributed by atoms with Crippen molar-refractivity contribution in [2.45, 2.75) is 26.3 Å². The summed E-state index contributed by atoms with van der Waals surface area (Å²) in [6, 6.07) is 10.5. The summed E-state index contributed by atoms with van der Waals surface area (Å²) in [6.45, 7) is 5.33. The van der Waals surface area contributed by atoms with Crippen LogP contribution in [0.5, 0.6) is 0 Å². The first-order chi connectivity index (χ1) is 9.11. The van der Waals surface area contributed by atoms with E-state index in [-0.39, 0.29) is 6.04 Å². The van der Waals surface area contributed by atoms with Gasteiger partial charge in [0.05, 0.1) is 9.83 Å². The number of hydrogen-bond acceptors (Lipinski definition) is 2. The molecule has 0 amide bonds. The molecule has 4 heteroatoms. The van der Waals surface area contributed by atoms with Crippen LogP contribution in [0.4, 0.5) is 0 Å². The van der Waals surface area contributed by atoms with Crippen LogP contribution < -0.4 is 5.32 Å². The topological polar surface area (TPSA) is 12.0 Å². The number of thiophene rings is 1. The van der Waals surface area contributed by atoms with E-state index < -0.39 is 0 Å². The van der Waals surface area contributed by atoms with Crippen LogP contribution in [0, 0.1) is 6.92 Å². The Bertz CT molecular complexity index is 553. The number of hydrogen-bond donors (Lipinski definition) is 1. The molecule has 0 aliphatic carbocycles. The fourth-order valence-electron chi connectivity index (χ4n) is 2.13. The zero-order valence-electron chi connectivity index (χ0n) is 11.0. The number of rotatable bonds is 5. The average Bonchev–Trinajstić information content (AvgIpc) is 2.69. The van der Waals surface area contributed by atoms with E-state index in [2.05, 4.69) is 47.2 Å². The van der Waals surface area contributed by atoms with Crippen LogP contribution in [0.15, 0.2) is 34.1 Å². The van der Waals surface area contributed by atoms with Crippen molar-refractivity contribution in [2.75, 3.05) is 6.54 Å². The third-order valence-electron chi connectivity index (χ3n) is 3.02. The summed E-state index contributed by atoms with van der Waals surface area (Å²) in [5.74, 6) is 0. The van der Waals surface area contributed by atoms with Gasteiger partial charge in [-0.05, 0) is 65.1 Å². The first-order valence-electron chi connectivity index (χ1n) is 6.36. The van der Waals surface area contributed by atoms with Crippen molar-refractivity contribution in [1.82, 2.24) is 5.32 Å². The van der Waals surface area contributed by atoms with Crippen LogP contribution in [0.2, 0.25) is 5.02 Å². The lowest BCUT2D eigenvalue weighted by atomic mass is 9.99.